The van der Waals surface area contributed by atoms with Crippen molar-refractivity contribution in [3.63, 3.8) is 0 Å². The van der Waals surface area contributed by atoms with Crippen LogP contribution in [-0.4, -0.2) is 0 Å². The van der Waals surface area contributed by atoms with Crippen molar-refractivity contribution in [2.24, 2.45) is 0 Å². The third-order valence-electron chi connectivity index (χ3n) is 2.41. The van der Waals surface area contributed by atoms with Gasteiger partial charge in [-0.3, -0.25) is 0 Å². The van der Waals surface area contributed by atoms with E-state index < -0.39 is 0 Å². The minimum atomic E-state index is 0.606. The van der Waals surface area contributed by atoms with E-state index in [4.69, 9.17) is 28.5 Å². The zero-order chi connectivity index (χ0) is 13.0. The van der Waals surface area contributed by atoms with Crippen molar-refractivity contribution in [3.05, 3.63) is 63.6 Å². The Balaban J connectivity index is 2.09. The lowest BCUT2D eigenvalue weighted by Crippen LogP contribution is -1.99. The highest BCUT2D eigenvalue weighted by atomic mass is 35.5. The van der Waals surface area contributed by atoms with Gasteiger partial charge in [-0.15, -0.1) is 0 Å². The molecule has 18 heavy (non-hydrogen) atoms. The number of nitrogens with one attached hydrogen (secondary N) is 1. The predicted molar refractivity (Wildman–Crippen MR) is 74.9 cm³/mol. The van der Waals surface area contributed by atoms with Gasteiger partial charge in [0.25, 0.3) is 0 Å². The van der Waals surface area contributed by atoms with E-state index in [-0.39, 0.29) is 0 Å². The highest BCUT2D eigenvalue weighted by Gasteiger charge is 1.99. The Labute approximate surface area is 116 Å². The molecule has 0 radical (unpaired) electrons. The average Bonchev–Trinajstić information content (AvgIpc) is 2.35. The Morgan fingerprint density at radius 2 is 1.78 bits per heavy atom. The standard InChI is InChI=1S/C14H10Cl2N2/c15-12-4-11(5-13(16)7-12)9-18-14-3-1-2-10(6-14)8-17/h1-7,18H,9H2. The predicted octanol–water partition coefficient (Wildman–Crippen LogP) is 4.48. The molecule has 0 aromatic heterocycles. The molecule has 0 aliphatic rings. The summed E-state index contributed by atoms with van der Waals surface area (Å²) in [6.07, 6.45) is 0. The van der Waals surface area contributed by atoms with Crippen LogP contribution in [0, 0.1) is 11.3 Å². The third-order valence-corrected chi connectivity index (χ3v) is 2.85. The third kappa shape index (κ3) is 3.40. The summed E-state index contributed by atoms with van der Waals surface area (Å²) in [7, 11) is 0. The van der Waals surface area contributed by atoms with Gasteiger partial charge in [-0.05, 0) is 42.0 Å². The smallest absolute Gasteiger partial charge is 0.0992 e. The van der Waals surface area contributed by atoms with Crippen LogP contribution in [0.5, 0.6) is 0 Å². The fourth-order valence-electron chi connectivity index (χ4n) is 1.62. The first-order valence-electron chi connectivity index (χ1n) is 5.36. The number of hydrogen-bond donors (Lipinski definition) is 1. The molecule has 0 amide bonds. The molecule has 0 saturated carbocycles. The summed E-state index contributed by atoms with van der Waals surface area (Å²) in [5.41, 5.74) is 2.52. The Hall–Kier alpha value is -1.69. The number of rotatable bonds is 3. The largest absolute Gasteiger partial charge is 0.381 e. The second-order valence-electron chi connectivity index (χ2n) is 3.82. The zero-order valence-corrected chi connectivity index (χ0v) is 11.0. The molecule has 0 aliphatic carbocycles. The molecule has 0 saturated heterocycles. The number of nitrogens with zero attached hydrogens (tertiary/aromatic N) is 1. The van der Waals surface area contributed by atoms with Gasteiger partial charge in [0.15, 0.2) is 0 Å². The van der Waals surface area contributed by atoms with Crippen molar-refractivity contribution in [1.29, 1.82) is 5.26 Å². The van der Waals surface area contributed by atoms with E-state index in [1.54, 1.807) is 18.2 Å². The Morgan fingerprint density at radius 3 is 2.44 bits per heavy atom. The zero-order valence-electron chi connectivity index (χ0n) is 9.45. The van der Waals surface area contributed by atoms with Gasteiger partial charge in [-0.25, -0.2) is 0 Å². The van der Waals surface area contributed by atoms with Gasteiger partial charge in [0, 0.05) is 22.3 Å². The maximum Gasteiger partial charge on any atom is 0.0992 e. The molecule has 0 aliphatic heterocycles. The summed E-state index contributed by atoms with van der Waals surface area (Å²) < 4.78 is 0. The van der Waals surface area contributed by atoms with Crippen LogP contribution in [-0.2, 0) is 6.54 Å². The van der Waals surface area contributed by atoms with Gasteiger partial charge in [0.2, 0.25) is 0 Å². The van der Waals surface area contributed by atoms with E-state index in [0.717, 1.165) is 11.3 Å². The van der Waals surface area contributed by atoms with Crippen LogP contribution in [0.3, 0.4) is 0 Å². The summed E-state index contributed by atoms with van der Waals surface area (Å²) in [6.45, 7) is 0.606. The van der Waals surface area contributed by atoms with Crippen molar-refractivity contribution in [1.82, 2.24) is 0 Å². The summed E-state index contributed by atoms with van der Waals surface area (Å²) in [6, 6.07) is 14.8. The molecule has 0 heterocycles. The van der Waals surface area contributed by atoms with Crippen LogP contribution < -0.4 is 5.32 Å². The topological polar surface area (TPSA) is 35.8 Å². The van der Waals surface area contributed by atoms with E-state index in [1.807, 2.05) is 24.3 Å². The van der Waals surface area contributed by atoms with Crippen LogP contribution in [0.25, 0.3) is 0 Å². The maximum atomic E-state index is 8.81. The second kappa shape index (κ2) is 5.77. The Kier molecular flexibility index (Phi) is 4.09. The molecule has 1 N–H and O–H groups in total. The molecule has 2 aromatic carbocycles. The average molecular weight is 277 g/mol. The fraction of sp³-hybridized carbons (Fsp3) is 0.0714. The van der Waals surface area contributed by atoms with Crippen LogP contribution in [0.15, 0.2) is 42.5 Å². The number of halogens is 2. The molecule has 2 aromatic rings. The molecular formula is C14H10Cl2N2. The number of benzene rings is 2. The van der Waals surface area contributed by atoms with Gasteiger partial charge in [-0.2, -0.15) is 5.26 Å². The first-order chi connectivity index (χ1) is 8.67. The molecule has 90 valence electrons. The summed E-state index contributed by atoms with van der Waals surface area (Å²) in [5.74, 6) is 0. The molecule has 0 spiro atoms. The van der Waals surface area contributed by atoms with E-state index in [0.29, 0.717) is 22.2 Å². The molecular weight excluding hydrogens is 267 g/mol. The van der Waals surface area contributed by atoms with E-state index >= 15 is 0 Å². The van der Waals surface area contributed by atoms with Crippen molar-refractivity contribution in [2.45, 2.75) is 6.54 Å². The van der Waals surface area contributed by atoms with E-state index in [9.17, 15) is 0 Å². The number of hydrogen-bond acceptors (Lipinski definition) is 2. The molecule has 0 fully saturated rings. The minimum absolute atomic E-state index is 0.606. The maximum absolute atomic E-state index is 8.81. The first kappa shape index (κ1) is 12.8. The van der Waals surface area contributed by atoms with E-state index in [2.05, 4.69) is 11.4 Å². The highest BCUT2D eigenvalue weighted by Crippen LogP contribution is 2.20. The van der Waals surface area contributed by atoms with Crippen LogP contribution in [0.1, 0.15) is 11.1 Å². The molecule has 0 bridgehead atoms. The number of nitriles is 1. The van der Waals surface area contributed by atoms with Crippen molar-refractivity contribution >= 4 is 28.9 Å². The lowest BCUT2D eigenvalue weighted by Gasteiger charge is -2.07. The lowest BCUT2D eigenvalue weighted by atomic mass is 10.2. The lowest BCUT2D eigenvalue weighted by molar-refractivity contribution is 1.15. The van der Waals surface area contributed by atoms with Crippen LogP contribution in [0.4, 0.5) is 5.69 Å². The summed E-state index contributed by atoms with van der Waals surface area (Å²) >= 11 is 11.8. The van der Waals surface area contributed by atoms with Gasteiger partial charge in [-0.1, -0.05) is 29.3 Å². The van der Waals surface area contributed by atoms with Crippen LogP contribution in [0.2, 0.25) is 10.0 Å². The van der Waals surface area contributed by atoms with Gasteiger partial charge < -0.3 is 5.32 Å². The molecule has 4 heteroatoms. The van der Waals surface area contributed by atoms with Gasteiger partial charge in [0.05, 0.1) is 11.6 Å². The van der Waals surface area contributed by atoms with Gasteiger partial charge >= 0.3 is 0 Å². The fourth-order valence-corrected chi connectivity index (χ4v) is 2.19. The molecule has 2 rings (SSSR count). The summed E-state index contributed by atoms with van der Waals surface area (Å²) in [4.78, 5) is 0. The Morgan fingerprint density at radius 1 is 1.06 bits per heavy atom. The summed E-state index contributed by atoms with van der Waals surface area (Å²) in [5, 5.41) is 13.3. The molecule has 2 nitrogen and oxygen atoms in total. The monoisotopic (exact) mass is 276 g/mol. The van der Waals surface area contributed by atoms with Crippen molar-refractivity contribution in [2.75, 3.05) is 5.32 Å². The SMILES string of the molecule is N#Cc1cccc(NCc2cc(Cl)cc(Cl)c2)c1. The van der Waals surface area contributed by atoms with Crippen LogP contribution >= 0.6 is 23.2 Å². The second-order valence-corrected chi connectivity index (χ2v) is 4.70. The quantitative estimate of drug-likeness (QED) is 0.898. The Bertz CT molecular complexity index is 583. The van der Waals surface area contributed by atoms with E-state index in [1.165, 1.54) is 0 Å². The number of anilines is 1. The van der Waals surface area contributed by atoms with Crippen molar-refractivity contribution < 1.29 is 0 Å². The highest BCUT2D eigenvalue weighted by molar-refractivity contribution is 6.34. The van der Waals surface area contributed by atoms with Crippen molar-refractivity contribution in [3.8, 4) is 6.07 Å². The first-order valence-corrected chi connectivity index (χ1v) is 6.12. The molecule has 0 unspecified atom stereocenters. The van der Waals surface area contributed by atoms with Gasteiger partial charge in [0.1, 0.15) is 0 Å². The minimum Gasteiger partial charge on any atom is -0.381 e. The normalized spacial score (nSPS) is 9.83. The molecule has 0 atom stereocenters.